The van der Waals surface area contributed by atoms with Gasteiger partial charge in [-0.2, -0.15) is 0 Å². The van der Waals surface area contributed by atoms with E-state index in [0.717, 1.165) is 58.0 Å². The first-order valence-electron chi connectivity index (χ1n) is 8.46. The van der Waals surface area contributed by atoms with E-state index in [1.807, 2.05) is 13.8 Å². The molecule has 1 rings (SSSR count). The summed E-state index contributed by atoms with van der Waals surface area (Å²) in [5, 5.41) is 3.34. The van der Waals surface area contributed by atoms with Gasteiger partial charge in [-0.3, -0.25) is 9.79 Å². The third kappa shape index (κ3) is 7.64. The summed E-state index contributed by atoms with van der Waals surface area (Å²) in [5.74, 6) is 1.08. The Morgan fingerprint density at radius 2 is 2.27 bits per heavy atom. The summed E-state index contributed by atoms with van der Waals surface area (Å²) in [4.78, 5) is 18.0. The molecule has 0 radical (unpaired) electrons. The van der Waals surface area contributed by atoms with Crippen LogP contribution >= 0.6 is 0 Å². The third-order valence-corrected chi connectivity index (χ3v) is 3.66. The Morgan fingerprint density at radius 1 is 1.50 bits per heavy atom. The van der Waals surface area contributed by atoms with Gasteiger partial charge in [-0.05, 0) is 46.0 Å². The second-order valence-corrected chi connectivity index (χ2v) is 6.13. The topological polar surface area (TPSA) is 80.0 Å². The molecule has 0 saturated carbocycles. The minimum atomic E-state index is -0.209. The van der Waals surface area contributed by atoms with E-state index < -0.39 is 0 Å². The number of rotatable bonds is 8. The fourth-order valence-corrected chi connectivity index (χ4v) is 2.70. The lowest BCUT2D eigenvalue weighted by molar-refractivity contribution is -0.119. The van der Waals surface area contributed by atoms with Crippen LogP contribution in [0.1, 0.15) is 46.5 Å². The maximum Gasteiger partial charge on any atom is 0.217 e. The van der Waals surface area contributed by atoms with Crippen molar-refractivity contribution >= 4 is 11.9 Å². The van der Waals surface area contributed by atoms with Crippen molar-refractivity contribution in [1.82, 2.24) is 10.2 Å². The van der Waals surface area contributed by atoms with Crippen LogP contribution in [0.4, 0.5) is 0 Å². The zero-order chi connectivity index (χ0) is 16.4. The molecular formula is C16H32N4O2. The van der Waals surface area contributed by atoms with Gasteiger partial charge in [0.1, 0.15) is 0 Å². The average molecular weight is 312 g/mol. The first-order chi connectivity index (χ1) is 10.5. The van der Waals surface area contributed by atoms with Crippen LogP contribution in [-0.2, 0) is 9.53 Å². The molecule has 1 unspecified atom stereocenters. The Balaban J connectivity index is 2.47. The Labute approximate surface area is 134 Å². The van der Waals surface area contributed by atoms with Crippen molar-refractivity contribution in [2.45, 2.75) is 52.6 Å². The molecule has 1 aliphatic heterocycles. The molecule has 128 valence electrons. The molecule has 0 aromatic rings. The normalized spacial score (nSPS) is 19.5. The zero-order valence-electron chi connectivity index (χ0n) is 14.3. The van der Waals surface area contributed by atoms with Crippen molar-refractivity contribution < 1.29 is 9.53 Å². The zero-order valence-corrected chi connectivity index (χ0v) is 14.3. The average Bonchev–Trinajstić information content (AvgIpc) is 2.45. The minimum absolute atomic E-state index is 0.209. The van der Waals surface area contributed by atoms with Crippen LogP contribution in [0.5, 0.6) is 0 Å². The van der Waals surface area contributed by atoms with Gasteiger partial charge in [0.2, 0.25) is 5.91 Å². The maximum atomic E-state index is 11.1. The van der Waals surface area contributed by atoms with E-state index in [-0.39, 0.29) is 12.0 Å². The van der Waals surface area contributed by atoms with E-state index in [1.54, 1.807) is 0 Å². The number of nitrogens with two attached hydrogens (primary N) is 1. The number of hydrogen-bond acceptors (Lipinski definition) is 3. The van der Waals surface area contributed by atoms with Gasteiger partial charge in [0.25, 0.3) is 0 Å². The van der Waals surface area contributed by atoms with Gasteiger partial charge < -0.3 is 20.7 Å². The predicted octanol–water partition coefficient (Wildman–Crippen LogP) is 1.35. The van der Waals surface area contributed by atoms with Gasteiger partial charge in [0.15, 0.2) is 5.96 Å². The van der Waals surface area contributed by atoms with Crippen LogP contribution in [0.2, 0.25) is 0 Å². The Bertz CT molecular complexity index is 358. The molecule has 1 atom stereocenters. The monoisotopic (exact) mass is 312 g/mol. The van der Waals surface area contributed by atoms with Crippen LogP contribution < -0.4 is 11.1 Å². The van der Waals surface area contributed by atoms with E-state index in [4.69, 9.17) is 10.5 Å². The number of ether oxygens (including phenoxy) is 1. The summed E-state index contributed by atoms with van der Waals surface area (Å²) in [6, 6.07) is 0. The first-order valence-corrected chi connectivity index (χ1v) is 8.46. The quantitative estimate of drug-likeness (QED) is 0.403. The highest BCUT2D eigenvalue weighted by molar-refractivity contribution is 5.80. The van der Waals surface area contributed by atoms with Crippen molar-refractivity contribution in [3.8, 4) is 0 Å². The second kappa shape index (κ2) is 10.4. The van der Waals surface area contributed by atoms with Crippen LogP contribution in [0.15, 0.2) is 4.99 Å². The minimum Gasteiger partial charge on any atom is -0.379 e. The number of carbonyl (C=O) groups excluding carboxylic acids is 1. The second-order valence-electron chi connectivity index (χ2n) is 6.13. The lowest BCUT2D eigenvalue weighted by atomic mass is 9.95. The summed E-state index contributed by atoms with van der Waals surface area (Å²) in [5.41, 5.74) is 5.32. The number of carbonyl (C=O) groups is 1. The number of nitrogens with zero attached hydrogens (tertiary/aromatic N) is 2. The largest absolute Gasteiger partial charge is 0.379 e. The van der Waals surface area contributed by atoms with Crippen molar-refractivity contribution in [2.24, 2.45) is 16.6 Å². The number of amides is 1. The van der Waals surface area contributed by atoms with Gasteiger partial charge >= 0.3 is 0 Å². The van der Waals surface area contributed by atoms with Crippen molar-refractivity contribution in [3.05, 3.63) is 0 Å². The summed E-state index contributed by atoms with van der Waals surface area (Å²) >= 11 is 0. The van der Waals surface area contributed by atoms with Crippen molar-refractivity contribution in [3.63, 3.8) is 0 Å². The fraction of sp³-hybridized carbons (Fsp3) is 0.875. The van der Waals surface area contributed by atoms with Crippen molar-refractivity contribution in [1.29, 1.82) is 0 Å². The van der Waals surface area contributed by atoms with Crippen LogP contribution in [-0.4, -0.2) is 55.7 Å². The smallest absolute Gasteiger partial charge is 0.217 e. The molecule has 1 fully saturated rings. The molecule has 1 aliphatic rings. The molecule has 1 saturated heterocycles. The molecular weight excluding hydrogens is 280 g/mol. The van der Waals surface area contributed by atoms with Gasteiger partial charge in [0, 0.05) is 39.2 Å². The molecule has 0 aliphatic carbocycles. The lowest BCUT2D eigenvalue weighted by Gasteiger charge is -2.34. The highest BCUT2D eigenvalue weighted by atomic mass is 16.5. The van der Waals surface area contributed by atoms with E-state index >= 15 is 0 Å². The fourth-order valence-electron chi connectivity index (χ4n) is 2.70. The van der Waals surface area contributed by atoms with E-state index in [1.165, 1.54) is 0 Å². The van der Waals surface area contributed by atoms with Gasteiger partial charge in [-0.15, -0.1) is 0 Å². The number of likely N-dealkylation sites (tertiary alicyclic amines) is 1. The van der Waals surface area contributed by atoms with Crippen LogP contribution in [0, 0.1) is 5.92 Å². The Hall–Kier alpha value is -1.30. The molecule has 6 nitrogen and oxygen atoms in total. The number of piperidine rings is 1. The van der Waals surface area contributed by atoms with E-state index in [9.17, 15) is 4.79 Å². The van der Waals surface area contributed by atoms with Crippen molar-refractivity contribution in [2.75, 3.05) is 32.8 Å². The van der Waals surface area contributed by atoms with Gasteiger partial charge in [-0.1, -0.05) is 0 Å². The Morgan fingerprint density at radius 3 is 2.91 bits per heavy atom. The SMILES string of the molecule is CCNC(=NCCCOC(C)C)N1CCCC(CC(N)=O)C1. The Kier molecular flexibility index (Phi) is 8.89. The molecule has 3 N–H and O–H groups in total. The van der Waals surface area contributed by atoms with Crippen LogP contribution in [0.3, 0.4) is 0 Å². The highest BCUT2D eigenvalue weighted by Crippen LogP contribution is 2.19. The molecule has 0 aromatic heterocycles. The van der Waals surface area contributed by atoms with E-state index in [2.05, 4.69) is 22.1 Å². The summed E-state index contributed by atoms with van der Waals surface area (Å²) < 4.78 is 5.54. The number of guanidine groups is 1. The maximum absolute atomic E-state index is 11.1. The summed E-state index contributed by atoms with van der Waals surface area (Å²) in [6.45, 7) is 10.3. The molecule has 0 bridgehead atoms. The van der Waals surface area contributed by atoms with Gasteiger partial charge in [-0.25, -0.2) is 0 Å². The third-order valence-electron chi connectivity index (χ3n) is 3.66. The molecule has 22 heavy (non-hydrogen) atoms. The molecule has 6 heteroatoms. The number of nitrogens with one attached hydrogen (secondary N) is 1. The lowest BCUT2D eigenvalue weighted by Crippen LogP contribution is -2.47. The highest BCUT2D eigenvalue weighted by Gasteiger charge is 2.23. The van der Waals surface area contributed by atoms with Crippen LogP contribution in [0.25, 0.3) is 0 Å². The predicted molar refractivity (Wildman–Crippen MR) is 89.8 cm³/mol. The standard InChI is InChI=1S/C16H32N4O2/c1-4-18-16(19-8-6-10-22-13(2)3)20-9-5-7-14(12-20)11-15(17)21/h13-14H,4-12H2,1-3H3,(H2,17,21)(H,18,19). The summed E-state index contributed by atoms with van der Waals surface area (Å²) in [6.07, 6.45) is 3.82. The van der Waals surface area contributed by atoms with E-state index in [0.29, 0.717) is 12.3 Å². The molecule has 0 spiro atoms. The van der Waals surface area contributed by atoms with Gasteiger partial charge in [0.05, 0.1) is 6.10 Å². The molecule has 1 heterocycles. The first kappa shape index (κ1) is 18.7. The number of hydrogen-bond donors (Lipinski definition) is 2. The molecule has 1 amide bonds. The number of primary amides is 1. The molecule has 0 aromatic carbocycles. The number of aliphatic imine (C=N–C) groups is 1. The summed E-state index contributed by atoms with van der Waals surface area (Å²) in [7, 11) is 0.